The Labute approximate surface area is 185 Å². The molecule has 0 saturated heterocycles. The minimum absolute atomic E-state index is 0.501. The van der Waals surface area contributed by atoms with Crippen LogP contribution >= 0.6 is 43.5 Å². The van der Waals surface area contributed by atoms with Crippen molar-refractivity contribution in [2.75, 3.05) is 6.54 Å². The number of nitrogens with zero attached hydrogens (tertiary/aromatic N) is 1. The monoisotopic (exact) mass is 520 g/mol. The predicted molar refractivity (Wildman–Crippen MR) is 124 cm³/mol. The van der Waals surface area contributed by atoms with Crippen LogP contribution in [0.5, 0.6) is 0 Å². The van der Waals surface area contributed by atoms with E-state index in [9.17, 15) is 5.11 Å². The standard InChI is InChI=1S/C22H19Br2ClN2O/c23-15-3-7-21-19(9-15)20-10-16(24)4-8-22(20)27(21)13-18(28)12-26-11-14-1-5-17(25)6-2-14/h1-10,18,26,28H,11-13H2. The van der Waals surface area contributed by atoms with Gasteiger partial charge in [-0.1, -0.05) is 55.6 Å². The molecule has 1 unspecified atom stereocenters. The lowest BCUT2D eigenvalue weighted by atomic mass is 10.2. The molecule has 0 aliphatic rings. The van der Waals surface area contributed by atoms with E-state index in [1.54, 1.807) is 0 Å². The van der Waals surface area contributed by atoms with E-state index in [-0.39, 0.29) is 0 Å². The zero-order valence-corrected chi connectivity index (χ0v) is 18.9. The fourth-order valence-electron chi connectivity index (χ4n) is 3.51. The first kappa shape index (κ1) is 19.9. The minimum atomic E-state index is -0.501. The number of hydrogen-bond acceptors (Lipinski definition) is 2. The van der Waals surface area contributed by atoms with Crippen molar-refractivity contribution in [3.63, 3.8) is 0 Å². The minimum Gasteiger partial charge on any atom is -0.390 e. The number of rotatable bonds is 6. The molecule has 0 spiro atoms. The van der Waals surface area contributed by atoms with Crippen molar-refractivity contribution >= 4 is 65.3 Å². The van der Waals surface area contributed by atoms with Crippen LogP contribution < -0.4 is 5.32 Å². The molecule has 6 heteroatoms. The molecule has 0 aliphatic heterocycles. The second-order valence-electron chi connectivity index (χ2n) is 6.84. The van der Waals surface area contributed by atoms with E-state index in [1.165, 1.54) is 10.8 Å². The van der Waals surface area contributed by atoms with E-state index < -0.39 is 6.10 Å². The fraction of sp³-hybridized carbons (Fsp3) is 0.182. The maximum absolute atomic E-state index is 10.6. The van der Waals surface area contributed by atoms with E-state index in [0.29, 0.717) is 19.6 Å². The van der Waals surface area contributed by atoms with Gasteiger partial charge in [0.25, 0.3) is 0 Å². The topological polar surface area (TPSA) is 37.2 Å². The number of aliphatic hydroxyl groups is 1. The summed E-state index contributed by atoms with van der Waals surface area (Å²) >= 11 is 13.1. The Morgan fingerprint density at radius 3 is 2.04 bits per heavy atom. The van der Waals surface area contributed by atoms with Crippen LogP contribution in [0.1, 0.15) is 5.56 Å². The number of aromatic nitrogens is 1. The van der Waals surface area contributed by atoms with Gasteiger partial charge in [0, 0.05) is 48.9 Å². The average Bonchev–Trinajstić information content (AvgIpc) is 2.96. The molecule has 0 fully saturated rings. The highest BCUT2D eigenvalue weighted by Crippen LogP contribution is 2.33. The van der Waals surface area contributed by atoms with Crippen LogP contribution in [0.15, 0.2) is 69.6 Å². The van der Waals surface area contributed by atoms with Crippen molar-refractivity contribution in [1.82, 2.24) is 9.88 Å². The highest BCUT2D eigenvalue weighted by Gasteiger charge is 2.14. The molecule has 0 radical (unpaired) electrons. The van der Waals surface area contributed by atoms with Gasteiger partial charge in [-0.15, -0.1) is 0 Å². The number of benzene rings is 3. The molecule has 1 aromatic heterocycles. The van der Waals surface area contributed by atoms with Crippen LogP contribution in [0.25, 0.3) is 21.8 Å². The van der Waals surface area contributed by atoms with Gasteiger partial charge in [-0.2, -0.15) is 0 Å². The number of nitrogens with one attached hydrogen (secondary N) is 1. The Hall–Kier alpha value is -1.37. The first-order valence-corrected chi connectivity index (χ1v) is 11.0. The van der Waals surface area contributed by atoms with Crippen LogP contribution in [-0.4, -0.2) is 22.3 Å². The average molecular weight is 523 g/mol. The largest absolute Gasteiger partial charge is 0.390 e. The molecule has 3 nitrogen and oxygen atoms in total. The van der Waals surface area contributed by atoms with Crippen molar-refractivity contribution in [1.29, 1.82) is 0 Å². The summed E-state index contributed by atoms with van der Waals surface area (Å²) in [5.74, 6) is 0. The third-order valence-corrected chi connectivity index (χ3v) is 6.04. The Morgan fingerprint density at radius 1 is 0.893 bits per heavy atom. The van der Waals surface area contributed by atoms with Crippen molar-refractivity contribution in [3.8, 4) is 0 Å². The summed E-state index contributed by atoms with van der Waals surface area (Å²) in [6.07, 6.45) is -0.501. The maximum Gasteiger partial charge on any atom is 0.0843 e. The molecule has 0 amide bonds. The zero-order valence-electron chi connectivity index (χ0n) is 15.0. The van der Waals surface area contributed by atoms with E-state index >= 15 is 0 Å². The summed E-state index contributed by atoms with van der Waals surface area (Å²) in [5, 5.41) is 17.1. The smallest absolute Gasteiger partial charge is 0.0843 e. The van der Waals surface area contributed by atoms with Crippen LogP contribution in [0.2, 0.25) is 5.02 Å². The van der Waals surface area contributed by atoms with Crippen LogP contribution in [0.3, 0.4) is 0 Å². The molecular weight excluding hydrogens is 504 g/mol. The lowest BCUT2D eigenvalue weighted by Crippen LogP contribution is -2.29. The summed E-state index contributed by atoms with van der Waals surface area (Å²) < 4.78 is 4.28. The predicted octanol–water partition coefficient (Wildman–Crippen LogP) is 6.12. The summed E-state index contributed by atoms with van der Waals surface area (Å²) in [5.41, 5.74) is 3.38. The molecule has 0 aliphatic carbocycles. The molecule has 4 aromatic rings. The van der Waals surface area contributed by atoms with Crippen LogP contribution in [-0.2, 0) is 13.1 Å². The SMILES string of the molecule is OC(CNCc1ccc(Cl)cc1)Cn1c2ccc(Br)cc2c2cc(Br)ccc21. The molecule has 1 atom stereocenters. The number of halogens is 3. The van der Waals surface area contributed by atoms with Gasteiger partial charge in [0.05, 0.1) is 12.6 Å². The fourth-order valence-corrected chi connectivity index (χ4v) is 4.35. The third-order valence-electron chi connectivity index (χ3n) is 4.80. The molecule has 0 saturated carbocycles. The lowest BCUT2D eigenvalue weighted by Gasteiger charge is -2.15. The van der Waals surface area contributed by atoms with Gasteiger partial charge >= 0.3 is 0 Å². The van der Waals surface area contributed by atoms with Crippen LogP contribution in [0, 0.1) is 0 Å². The lowest BCUT2D eigenvalue weighted by molar-refractivity contribution is 0.154. The van der Waals surface area contributed by atoms with Gasteiger partial charge in [0.15, 0.2) is 0 Å². The summed E-state index contributed by atoms with van der Waals surface area (Å²) in [7, 11) is 0. The second kappa shape index (κ2) is 8.56. The Kier molecular flexibility index (Phi) is 6.09. The second-order valence-corrected chi connectivity index (χ2v) is 9.11. The summed E-state index contributed by atoms with van der Waals surface area (Å²) in [4.78, 5) is 0. The Bertz CT molecular complexity index is 1070. The number of hydrogen-bond donors (Lipinski definition) is 2. The molecule has 144 valence electrons. The maximum atomic E-state index is 10.6. The van der Waals surface area contributed by atoms with Crippen LogP contribution in [0.4, 0.5) is 0 Å². The first-order chi connectivity index (χ1) is 13.5. The molecule has 4 rings (SSSR count). The first-order valence-electron chi connectivity index (χ1n) is 9.01. The number of fused-ring (bicyclic) bond motifs is 3. The Morgan fingerprint density at radius 2 is 1.46 bits per heavy atom. The quantitative estimate of drug-likeness (QED) is 0.320. The van der Waals surface area contributed by atoms with Gasteiger partial charge < -0.3 is 15.0 Å². The summed E-state index contributed by atoms with van der Waals surface area (Å²) in [6, 6.07) is 20.3. The van der Waals surface area contributed by atoms with E-state index in [0.717, 1.165) is 30.6 Å². The van der Waals surface area contributed by atoms with Gasteiger partial charge in [0.1, 0.15) is 0 Å². The van der Waals surface area contributed by atoms with Gasteiger partial charge in [-0.25, -0.2) is 0 Å². The van der Waals surface area contributed by atoms with Gasteiger partial charge in [-0.05, 0) is 54.1 Å². The highest BCUT2D eigenvalue weighted by molar-refractivity contribution is 9.10. The molecule has 2 N–H and O–H groups in total. The molecule has 3 aromatic carbocycles. The van der Waals surface area contributed by atoms with E-state index in [1.807, 2.05) is 36.4 Å². The van der Waals surface area contributed by atoms with Gasteiger partial charge in [0.2, 0.25) is 0 Å². The van der Waals surface area contributed by atoms with E-state index in [2.05, 4.69) is 66.0 Å². The molecular formula is C22H19Br2ClN2O. The molecule has 1 heterocycles. The molecule has 0 bridgehead atoms. The van der Waals surface area contributed by atoms with Gasteiger partial charge in [-0.3, -0.25) is 0 Å². The Balaban J connectivity index is 1.53. The normalized spacial score (nSPS) is 12.7. The van der Waals surface area contributed by atoms with Crippen molar-refractivity contribution in [2.45, 2.75) is 19.2 Å². The van der Waals surface area contributed by atoms with E-state index in [4.69, 9.17) is 11.6 Å². The van der Waals surface area contributed by atoms with Crippen molar-refractivity contribution in [3.05, 3.63) is 80.2 Å². The zero-order chi connectivity index (χ0) is 19.7. The third kappa shape index (κ3) is 4.29. The highest BCUT2D eigenvalue weighted by atomic mass is 79.9. The summed E-state index contributed by atoms with van der Waals surface area (Å²) in [6.45, 7) is 1.73. The van der Waals surface area contributed by atoms with Crippen molar-refractivity contribution < 1.29 is 5.11 Å². The molecule has 28 heavy (non-hydrogen) atoms. The number of aliphatic hydroxyl groups excluding tert-OH is 1. The van der Waals surface area contributed by atoms with Crippen molar-refractivity contribution in [2.24, 2.45) is 0 Å².